The van der Waals surface area contributed by atoms with Gasteiger partial charge >= 0.3 is 11.8 Å². The lowest BCUT2D eigenvalue weighted by atomic mass is 10.0. The average molecular weight is 333 g/mol. The standard InChI is InChI=1S/C14H18Cl2N2O3/c1-3-8(2)12(19)7-17-13(20)14(21)18-11-6-9(15)4-5-10(11)16/h4-6,8,12,19H,3,7H2,1-2H3,(H,17,20)(H,18,21). The predicted molar refractivity (Wildman–Crippen MR) is 83.6 cm³/mol. The first-order chi connectivity index (χ1) is 9.85. The van der Waals surface area contributed by atoms with Crippen LogP contribution in [-0.2, 0) is 9.59 Å². The Morgan fingerprint density at radius 3 is 2.57 bits per heavy atom. The molecule has 0 saturated heterocycles. The minimum absolute atomic E-state index is 0.0184. The Morgan fingerprint density at radius 1 is 1.29 bits per heavy atom. The molecule has 116 valence electrons. The normalized spacial score (nSPS) is 13.4. The molecule has 1 aromatic rings. The number of carbonyl (C=O) groups is 2. The van der Waals surface area contributed by atoms with Gasteiger partial charge in [-0.05, 0) is 24.1 Å². The highest BCUT2D eigenvalue weighted by molar-refractivity contribution is 6.42. The molecule has 0 spiro atoms. The van der Waals surface area contributed by atoms with Crippen LogP contribution in [0.15, 0.2) is 18.2 Å². The van der Waals surface area contributed by atoms with Crippen LogP contribution in [0.5, 0.6) is 0 Å². The van der Waals surface area contributed by atoms with E-state index in [1.165, 1.54) is 12.1 Å². The minimum atomic E-state index is -0.865. The summed E-state index contributed by atoms with van der Waals surface area (Å²) in [6.45, 7) is 3.82. The van der Waals surface area contributed by atoms with Crippen LogP contribution in [0, 0.1) is 5.92 Å². The fraction of sp³-hybridized carbons (Fsp3) is 0.429. The Kier molecular flexibility index (Phi) is 6.95. The molecule has 0 heterocycles. The molecule has 0 aliphatic rings. The smallest absolute Gasteiger partial charge is 0.313 e. The summed E-state index contributed by atoms with van der Waals surface area (Å²) in [6, 6.07) is 4.54. The van der Waals surface area contributed by atoms with Gasteiger partial charge in [-0.3, -0.25) is 9.59 Å². The summed E-state index contributed by atoms with van der Waals surface area (Å²) in [7, 11) is 0. The van der Waals surface area contributed by atoms with Crippen LogP contribution >= 0.6 is 23.2 Å². The topological polar surface area (TPSA) is 78.4 Å². The van der Waals surface area contributed by atoms with E-state index in [2.05, 4.69) is 10.6 Å². The van der Waals surface area contributed by atoms with Gasteiger partial charge in [0, 0.05) is 11.6 Å². The Balaban J connectivity index is 2.55. The van der Waals surface area contributed by atoms with E-state index >= 15 is 0 Å². The van der Waals surface area contributed by atoms with Crippen LogP contribution < -0.4 is 10.6 Å². The number of aliphatic hydroxyl groups excluding tert-OH is 1. The average Bonchev–Trinajstić information content (AvgIpc) is 2.47. The van der Waals surface area contributed by atoms with Crippen molar-refractivity contribution in [2.75, 3.05) is 11.9 Å². The van der Waals surface area contributed by atoms with Gasteiger partial charge in [0.25, 0.3) is 0 Å². The molecular weight excluding hydrogens is 315 g/mol. The zero-order valence-electron chi connectivity index (χ0n) is 11.8. The maximum absolute atomic E-state index is 11.7. The molecule has 0 aliphatic carbocycles. The zero-order valence-corrected chi connectivity index (χ0v) is 13.3. The summed E-state index contributed by atoms with van der Waals surface area (Å²) in [5.74, 6) is -1.67. The highest BCUT2D eigenvalue weighted by Crippen LogP contribution is 2.25. The molecule has 2 amide bonds. The van der Waals surface area contributed by atoms with Crippen molar-refractivity contribution in [3.63, 3.8) is 0 Å². The van der Waals surface area contributed by atoms with E-state index in [0.29, 0.717) is 5.02 Å². The Labute approximate surface area is 133 Å². The molecule has 0 aliphatic heterocycles. The van der Waals surface area contributed by atoms with Gasteiger partial charge in [-0.1, -0.05) is 43.5 Å². The molecule has 0 radical (unpaired) electrons. The largest absolute Gasteiger partial charge is 0.391 e. The lowest BCUT2D eigenvalue weighted by molar-refractivity contribution is -0.136. The summed E-state index contributed by atoms with van der Waals surface area (Å²) in [5, 5.41) is 15.1. The SMILES string of the molecule is CCC(C)C(O)CNC(=O)C(=O)Nc1cc(Cl)ccc1Cl. The molecule has 3 N–H and O–H groups in total. The van der Waals surface area contributed by atoms with E-state index in [1.54, 1.807) is 6.07 Å². The van der Waals surface area contributed by atoms with Crippen LogP contribution in [0.4, 0.5) is 5.69 Å². The lowest BCUT2D eigenvalue weighted by Gasteiger charge is -2.17. The van der Waals surface area contributed by atoms with E-state index in [-0.39, 0.29) is 23.2 Å². The molecule has 0 fully saturated rings. The van der Waals surface area contributed by atoms with Crippen molar-refractivity contribution in [2.24, 2.45) is 5.92 Å². The Bertz CT molecular complexity index is 523. The summed E-state index contributed by atoms with van der Waals surface area (Å²) >= 11 is 11.7. The van der Waals surface area contributed by atoms with Crippen LogP contribution in [0.25, 0.3) is 0 Å². The van der Waals surface area contributed by atoms with Crippen molar-refractivity contribution in [3.05, 3.63) is 28.2 Å². The van der Waals surface area contributed by atoms with Crippen molar-refractivity contribution < 1.29 is 14.7 Å². The monoisotopic (exact) mass is 332 g/mol. The molecule has 1 rings (SSSR count). The second kappa shape index (κ2) is 8.22. The Hall–Kier alpha value is -1.30. The summed E-state index contributed by atoms with van der Waals surface area (Å²) < 4.78 is 0. The van der Waals surface area contributed by atoms with E-state index < -0.39 is 17.9 Å². The number of aliphatic hydroxyl groups is 1. The van der Waals surface area contributed by atoms with Gasteiger partial charge in [0.05, 0.1) is 16.8 Å². The van der Waals surface area contributed by atoms with Gasteiger partial charge in [0.1, 0.15) is 0 Å². The lowest BCUT2D eigenvalue weighted by Crippen LogP contribution is -2.41. The number of amides is 2. The third-order valence-corrected chi connectivity index (χ3v) is 3.72. The number of benzene rings is 1. The van der Waals surface area contributed by atoms with E-state index in [0.717, 1.165) is 6.42 Å². The molecule has 2 unspecified atom stereocenters. The molecule has 7 heteroatoms. The fourth-order valence-electron chi connectivity index (χ4n) is 1.52. The quantitative estimate of drug-likeness (QED) is 0.724. The molecular formula is C14H18Cl2N2O3. The second-order valence-electron chi connectivity index (χ2n) is 4.74. The predicted octanol–water partition coefficient (Wildman–Crippen LogP) is 2.46. The van der Waals surface area contributed by atoms with Crippen molar-refractivity contribution >= 4 is 40.7 Å². The molecule has 0 bridgehead atoms. The number of anilines is 1. The van der Waals surface area contributed by atoms with Crippen molar-refractivity contribution in [3.8, 4) is 0 Å². The molecule has 21 heavy (non-hydrogen) atoms. The number of halogens is 2. The molecule has 0 saturated carbocycles. The Morgan fingerprint density at radius 2 is 1.95 bits per heavy atom. The molecule has 0 aromatic heterocycles. The fourth-order valence-corrected chi connectivity index (χ4v) is 1.86. The van der Waals surface area contributed by atoms with Gasteiger partial charge in [-0.15, -0.1) is 0 Å². The number of hydrogen-bond acceptors (Lipinski definition) is 3. The summed E-state index contributed by atoms with van der Waals surface area (Å²) in [6.07, 6.45) is 0.0861. The molecule has 2 atom stereocenters. The highest BCUT2D eigenvalue weighted by atomic mass is 35.5. The number of nitrogens with one attached hydrogen (secondary N) is 2. The third-order valence-electron chi connectivity index (χ3n) is 3.16. The van der Waals surface area contributed by atoms with Crippen LogP contribution in [0.2, 0.25) is 10.0 Å². The van der Waals surface area contributed by atoms with Gasteiger partial charge in [-0.2, -0.15) is 0 Å². The van der Waals surface area contributed by atoms with Gasteiger partial charge in [0.2, 0.25) is 0 Å². The number of carbonyl (C=O) groups excluding carboxylic acids is 2. The van der Waals surface area contributed by atoms with Crippen LogP contribution in [0.1, 0.15) is 20.3 Å². The first-order valence-electron chi connectivity index (χ1n) is 6.57. The van der Waals surface area contributed by atoms with Gasteiger partial charge < -0.3 is 15.7 Å². The van der Waals surface area contributed by atoms with Crippen molar-refractivity contribution in [1.29, 1.82) is 0 Å². The van der Waals surface area contributed by atoms with Crippen LogP contribution in [-0.4, -0.2) is 29.6 Å². The van der Waals surface area contributed by atoms with E-state index in [9.17, 15) is 14.7 Å². The number of rotatable bonds is 5. The number of hydrogen-bond donors (Lipinski definition) is 3. The first-order valence-corrected chi connectivity index (χ1v) is 7.33. The third kappa shape index (κ3) is 5.53. The summed E-state index contributed by atoms with van der Waals surface area (Å²) in [5.41, 5.74) is 0.256. The van der Waals surface area contributed by atoms with Crippen molar-refractivity contribution in [2.45, 2.75) is 26.4 Å². The van der Waals surface area contributed by atoms with E-state index in [4.69, 9.17) is 23.2 Å². The minimum Gasteiger partial charge on any atom is -0.391 e. The second-order valence-corrected chi connectivity index (χ2v) is 5.58. The zero-order chi connectivity index (χ0) is 16.0. The molecule has 5 nitrogen and oxygen atoms in total. The maximum Gasteiger partial charge on any atom is 0.313 e. The van der Waals surface area contributed by atoms with Crippen molar-refractivity contribution in [1.82, 2.24) is 5.32 Å². The van der Waals surface area contributed by atoms with E-state index in [1.807, 2.05) is 13.8 Å². The highest BCUT2D eigenvalue weighted by Gasteiger charge is 2.18. The van der Waals surface area contributed by atoms with Gasteiger partial charge in [-0.25, -0.2) is 0 Å². The van der Waals surface area contributed by atoms with Gasteiger partial charge in [0.15, 0.2) is 0 Å². The summed E-state index contributed by atoms with van der Waals surface area (Å²) in [4.78, 5) is 23.4. The molecule has 1 aromatic carbocycles. The van der Waals surface area contributed by atoms with Crippen LogP contribution in [0.3, 0.4) is 0 Å². The first kappa shape index (κ1) is 17.8. The maximum atomic E-state index is 11.7.